The Hall–Kier alpha value is -1.31. The second kappa shape index (κ2) is 5.85. The first-order valence-corrected chi connectivity index (χ1v) is 6.19. The summed E-state index contributed by atoms with van der Waals surface area (Å²) in [6.07, 6.45) is 1.22. The minimum atomic E-state index is -0.115. The summed E-state index contributed by atoms with van der Waals surface area (Å²) in [6, 6.07) is 8.31. The van der Waals surface area contributed by atoms with Gasteiger partial charge in [0.1, 0.15) is 0 Å². The first-order chi connectivity index (χ1) is 7.95. The molecule has 0 bridgehead atoms. The van der Waals surface area contributed by atoms with Crippen molar-refractivity contribution in [1.29, 1.82) is 0 Å². The van der Waals surface area contributed by atoms with Gasteiger partial charge in [0, 0.05) is 6.42 Å². The van der Waals surface area contributed by atoms with Crippen LogP contribution in [0, 0.1) is 0 Å². The number of esters is 1. The molecule has 0 fully saturated rings. The maximum atomic E-state index is 11.4. The Morgan fingerprint density at radius 2 is 1.88 bits per heavy atom. The van der Waals surface area contributed by atoms with Crippen LogP contribution in [-0.4, -0.2) is 12.6 Å². The fraction of sp³-hybridized carbons (Fsp3) is 0.533. The van der Waals surface area contributed by atoms with Crippen LogP contribution in [0.4, 0.5) is 0 Å². The van der Waals surface area contributed by atoms with Crippen molar-refractivity contribution < 1.29 is 9.53 Å². The van der Waals surface area contributed by atoms with Crippen LogP contribution in [0.5, 0.6) is 0 Å². The van der Waals surface area contributed by atoms with Crippen molar-refractivity contribution in [3.05, 3.63) is 35.4 Å². The third-order valence-corrected chi connectivity index (χ3v) is 2.73. The highest BCUT2D eigenvalue weighted by molar-refractivity contribution is 5.69. The Bertz CT molecular complexity index is 375. The molecule has 94 valence electrons. The number of rotatable bonds is 4. The van der Waals surface area contributed by atoms with Gasteiger partial charge >= 0.3 is 5.97 Å². The van der Waals surface area contributed by atoms with Crippen LogP contribution in [-0.2, 0) is 21.4 Å². The maximum Gasteiger partial charge on any atom is 0.306 e. The predicted octanol–water partition coefficient (Wildman–Crippen LogP) is 3.48. The zero-order chi connectivity index (χ0) is 12.9. The molecule has 0 aliphatic carbocycles. The van der Waals surface area contributed by atoms with Crippen molar-refractivity contribution in [2.75, 3.05) is 6.61 Å². The standard InChI is InChI=1S/C15H22O2/c1-5-17-14(16)11-10-12-8-6-7-9-13(12)15(2,3)4/h6-9H,5,10-11H2,1-4H3. The molecule has 0 aliphatic heterocycles. The molecule has 0 aromatic heterocycles. The Labute approximate surface area is 104 Å². The number of ether oxygens (including phenoxy) is 1. The second-order valence-corrected chi connectivity index (χ2v) is 5.21. The fourth-order valence-corrected chi connectivity index (χ4v) is 1.94. The van der Waals surface area contributed by atoms with Gasteiger partial charge in [-0.1, -0.05) is 45.0 Å². The molecule has 0 spiro atoms. The first-order valence-electron chi connectivity index (χ1n) is 6.19. The summed E-state index contributed by atoms with van der Waals surface area (Å²) < 4.78 is 4.95. The van der Waals surface area contributed by atoms with Gasteiger partial charge in [-0.15, -0.1) is 0 Å². The average Bonchev–Trinajstić information content (AvgIpc) is 2.26. The molecule has 0 atom stereocenters. The van der Waals surface area contributed by atoms with Crippen LogP contribution < -0.4 is 0 Å². The zero-order valence-corrected chi connectivity index (χ0v) is 11.2. The highest BCUT2D eigenvalue weighted by Gasteiger charge is 2.17. The van der Waals surface area contributed by atoms with Crippen molar-refractivity contribution in [1.82, 2.24) is 0 Å². The molecular formula is C15H22O2. The summed E-state index contributed by atoms with van der Waals surface area (Å²) >= 11 is 0. The molecule has 2 heteroatoms. The number of aryl methyl sites for hydroxylation is 1. The maximum absolute atomic E-state index is 11.4. The number of carbonyl (C=O) groups is 1. The summed E-state index contributed by atoms with van der Waals surface area (Å²) in [5.74, 6) is -0.115. The van der Waals surface area contributed by atoms with Gasteiger partial charge < -0.3 is 4.74 Å². The van der Waals surface area contributed by atoms with Gasteiger partial charge in [-0.05, 0) is 29.9 Å². The molecule has 2 nitrogen and oxygen atoms in total. The third-order valence-electron chi connectivity index (χ3n) is 2.73. The minimum absolute atomic E-state index is 0.115. The van der Waals surface area contributed by atoms with Crippen LogP contribution in [0.25, 0.3) is 0 Å². The fourth-order valence-electron chi connectivity index (χ4n) is 1.94. The zero-order valence-electron chi connectivity index (χ0n) is 11.2. The van der Waals surface area contributed by atoms with Crippen LogP contribution >= 0.6 is 0 Å². The van der Waals surface area contributed by atoms with Gasteiger partial charge in [0.2, 0.25) is 0 Å². The monoisotopic (exact) mass is 234 g/mol. The molecular weight excluding hydrogens is 212 g/mol. The van der Waals surface area contributed by atoms with Crippen LogP contribution in [0.15, 0.2) is 24.3 Å². The quantitative estimate of drug-likeness (QED) is 0.745. The first kappa shape index (κ1) is 13.8. The molecule has 0 amide bonds. The summed E-state index contributed by atoms with van der Waals surface area (Å²) in [5, 5.41) is 0. The predicted molar refractivity (Wildman–Crippen MR) is 70.1 cm³/mol. The normalized spacial score (nSPS) is 11.3. The molecule has 0 heterocycles. The summed E-state index contributed by atoms with van der Waals surface area (Å²) in [7, 11) is 0. The van der Waals surface area contributed by atoms with E-state index in [1.54, 1.807) is 0 Å². The molecule has 0 saturated carbocycles. The molecule has 0 N–H and O–H groups in total. The minimum Gasteiger partial charge on any atom is -0.466 e. The van der Waals surface area contributed by atoms with Gasteiger partial charge in [0.15, 0.2) is 0 Å². The molecule has 1 aromatic carbocycles. The van der Waals surface area contributed by atoms with Gasteiger partial charge in [-0.2, -0.15) is 0 Å². The van der Waals surface area contributed by atoms with E-state index in [9.17, 15) is 4.79 Å². The van der Waals surface area contributed by atoms with E-state index in [0.29, 0.717) is 13.0 Å². The lowest BCUT2D eigenvalue weighted by Crippen LogP contribution is -2.15. The van der Waals surface area contributed by atoms with Crippen molar-refractivity contribution >= 4 is 5.97 Å². The number of hydrogen-bond acceptors (Lipinski definition) is 2. The van der Waals surface area contributed by atoms with Gasteiger partial charge in [-0.3, -0.25) is 4.79 Å². The smallest absolute Gasteiger partial charge is 0.306 e. The Morgan fingerprint density at radius 3 is 2.47 bits per heavy atom. The lowest BCUT2D eigenvalue weighted by atomic mass is 9.83. The van der Waals surface area contributed by atoms with E-state index >= 15 is 0 Å². The number of hydrogen-bond donors (Lipinski definition) is 0. The van der Waals surface area contributed by atoms with Crippen molar-refractivity contribution in [2.24, 2.45) is 0 Å². The van der Waals surface area contributed by atoms with E-state index < -0.39 is 0 Å². The van der Waals surface area contributed by atoms with Crippen molar-refractivity contribution in [3.8, 4) is 0 Å². The van der Waals surface area contributed by atoms with E-state index in [-0.39, 0.29) is 11.4 Å². The Balaban J connectivity index is 2.74. The highest BCUT2D eigenvalue weighted by Crippen LogP contribution is 2.26. The van der Waals surface area contributed by atoms with E-state index in [1.807, 2.05) is 13.0 Å². The second-order valence-electron chi connectivity index (χ2n) is 5.21. The lowest BCUT2D eigenvalue weighted by Gasteiger charge is -2.22. The molecule has 0 unspecified atom stereocenters. The largest absolute Gasteiger partial charge is 0.466 e. The Kier molecular flexibility index (Phi) is 4.73. The van der Waals surface area contributed by atoms with Gasteiger partial charge in [-0.25, -0.2) is 0 Å². The molecule has 0 saturated heterocycles. The highest BCUT2D eigenvalue weighted by atomic mass is 16.5. The molecule has 0 aliphatic rings. The topological polar surface area (TPSA) is 26.3 Å². The van der Waals surface area contributed by atoms with Gasteiger partial charge in [0.05, 0.1) is 6.61 Å². The Morgan fingerprint density at radius 1 is 1.24 bits per heavy atom. The third kappa shape index (κ3) is 4.22. The van der Waals surface area contributed by atoms with E-state index in [4.69, 9.17) is 4.74 Å². The van der Waals surface area contributed by atoms with Crippen molar-refractivity contribution in [3.63, 3.8) is 0 Å². The lowest BCUT2D eigenvalue weighted by molar-refractivity contribution is -0.143. The van der Waals surface area contributed by atoms with E-state index in [0.717, 1.165) is 6.42 Å². The van der Waals surface area contributed by atoms with Gasteiger partial charge in [0.25, 0.3) is 0 Å². The average molecular weight is 234 g/mol. The molecule has 1 rings (SSSR count). The number of carbonyl (C=O) groups excluding carboxylic acids is 1. The van der Waals surface area contributed by atoms with Crippen LogP contribution in [0.3, 0.4) is 0 Å². The summed E-state index contributed by atoms with van der Waals surface area (Å²) in [6.45, 7) is 8.86. The summed E-state index contributed by atoms with van der Waals surface area (Å²) in [4.78, 5) is 11.4. The molecule has 1 aromatic rings. The molecule has 17 heavy (non-hydrogen) atoms. The molecule has 0 radical (unpaired) electrons. The van der Waals surface area contributed by atoms with Crippen LogP contribution in [0.1, 0.15) is 45.2 Å². The summed E-state index contributed by atoms with van der Waals surface area (Å²) in [5.41, 5.74) is 2.67. The van der Waals surface area contributed by atoms with E-state index in [1.165, 1.54) is 11.1 Å². The number of benzene rings is 1. The SMILES string of the molecule is CCOC(=O)CCc1ccccc1C(C)(C)C. The van der Waals surface area contributed by atoms with Crippen molar-refractivity contribution in [2.45, 2.75) is 46.0 Å². The van der Waals surface area contributed by atoms with E-state index in [2.05, 4.69) is 39.0 Å². The van der Waals surface area contributed by atoms with Crippen LogP contribution in [0.2, 0.25) is 0 Å².